The molecule has 1 saturated heterocycles. The standard InChI is InChI=1S/C24H40N2O2Si/c1-24(2,3)29(6,7)28-22-17-20-11-9-8-10-19(20)16-21(22)26-14-12-18(13-15-26)23(27)25(4)5/h8-11,18,21-22H,12-17H2,1-7H3. The second-order valence-electron chi connectivity index (χ2n) is 10.7. The quantitative estimate of drug-likeness (QED) is 0.684. The van der Waals surface area contributed by atoms with E-state index in [1.807, 2.05) is 14.1 Å². The van der Waals surface area contributed by atoms with Crippen LogP contribution in [0.15, 0.2) is 24.3 Å². The molecule has 1 fully saturated rings. The van der Waals surface area contributed by atoms with Gasteiger partial charge in [0.15, 0.2) is 8.32 Å². The Morgan fingerprint density at radius 3 is 2.14 bits per heavy atom. The van der Waals surface area contributed by atoms with E-state index in [4.69, 9.17) is 4.43 Å². The summed E-state index contributed by atoms with van der Waals surface area (Å²) < 4.78 is 7.00. The zero-order valence-electron chi connectivity index (χ0n) is 19.5. The molecule has 0 N–H and O–H groups in total. The van der Waals surface area contributed by atoms with E-state index in [1.165, 1.54) is 11.1 Å². The van der Waals surface area contributed by atoms with Gasteiger partial charge in [-0.05, 0) is 68.0 Å². The van der Waals surface area contributed by atoms with Crippen molar-refractivity contribution in [2.75, 3.05) is 27.2 Å². The van der Waals surface area contributed by atoms with Crippen LogP contribution >= 0.6 is 0 Å². The van der Waals surface area contributed by atoms with Gasteiger partial charge < -0.3 is 9.33 Å². The summed E-state index contributed by atoms with van der Waals surface area (Å²) in [6.07, 6.45) is 4.22. The van der Waals surface area contributed by atoms with Crippen molar-refractivity contribution in [1.29, 1.82) is 0 Å². The number of piperidine rings is 1. The molecule has 0 aromatic heterocycles. The molecule has 1 amide bonds. The first-order valence-electron chi connectivity index (χ1n) is 11.2. The fourth-order valence-corrected chi connectivity index (χ4v) is 5.90. The van der Waals surface area contributed by atoms with Gasteiger partial charge in [0, 0.05) is 26.1 Å². The predicted octanol–water partition coefficient (Wildman–Crippen LogP) is 4.34. The molecule has 4 nitrogen and oxygen atoms in total. The van der Waals surface area contributed by atoms with Crippen molar-refractivity contribution in [2.45, 2.75) is 76.7 Å². The summed E-state index contributed by atoms with van der Waals surface area (Å²) in [7, 11) is 1.89. The van der Waals surface area contributed by atoms with Crippen LogP contribution in [-0.2, 0) is 22.1 Å². The Kier molecular flexibility index (Phi) is 6.61. The van der Waals surface area contributed by atoms with Gasteiger partial charge >= 0.3 is 0 Å². The Morgan fingerprint density at radius 2 is 1.62 bits per heavy atom. The van der Waals surface area contributed by atoms with Crippen molar-refractivity contribution in [3.63, 3.8) is 0 Å². The lowest BCUT2D eigenvalue weighted by Gasteiger charge is -2.47. The second-order valence-corrected chi connectivity index (χ2v) is 15.5. The number of amides is 1. The topological polar surface area (TPSA) is 32.8 Å². The average molecular weight is 417 g/mol. The molecular formula is C24H40N2O2Si. The third kappa shape index (κ3) is 4.94. The SMILES string of the molecule is CN(C)C(=O)C1CCN(C2Cc3ccccc3CC2O[Si](C)(C)C(C)(C)C)CC1. The van der Waals surface area contributed by atoms with Crippen LogP contribution in [-0.4, -0.2) is 63.4 Å². The average Bonchev–Trinajstić information content (AvgIpc) is 2.65. The first kappa shape index (κ1) is 22.5. The number of carbonyl (C=O) groups excluding carboxylic acids is 1. The van der Waals surface area contributed by atoms with E-state index in [0.717, 1.165) is 38.8 Å². The fourth-order valence-electron chi connectivity index (χ4n) is 4.55. The Morgan fingerprint density at radius 1 is 1.07 bits per heavy atom. The third-order valence-electron chi connectivity index (χ3n) is 7.44. The molecule has 2 unspecified atom stereocenters. The van der Waals surface area contributed by atoms with Crippen LogP contribution in [0, 0.1) is 5.92 Å². The zero-order chi connectivity index (χ0) is 21.4. The van der Waals surface area contributed by atoms with Gasteiger partial charge in [0.2, 0.25) is 5.91 Å². The molecule has 1 aliphatic carbocycles. The molecule has 1 aromatic rings. The lowest BCUT2D eigenvalue weighted by Crippen LogP contribution is -2.56. The van der Waals surface area contributed by atoms with Crippen molar-refractivity contribution in [3.05, 3.63) is 35.4 Å². The molecule has 2 aliphatic rings. The summed E-state index contributed by atoms with van der Waals surface area (Å²) >= 11 is 0. The highest BCUT2D eigenvalue weighted by Gasteiger charge is 2.43. The largest absolute Gasteiger partial charge is 0.412 e. The highest BCUT2D eigenvalue weighted by atomic mass is 28.4. The minimum absolute atomic E-state index is 0.178. The normalized spacial score (nSPS) is 24.2. The van der Waals surface area contributed by atoms with Crippen molar-refractivity contribution in [1.82, 2.24) is 9.80 Å². The molecule has 0 saturated carbocycles. The Hall–Kier alpha value is -1.17. The van der Waals surface area contributed by atoms with Crippen LogP contribution in [0.3, 0.4) is 0 Å². The number of nitrogens with zero attached hydrogens (tertiary/aromatic N) is 2. The molecule has 1 aromatic carbocycles. The molecule has 29 heavy (non-hydrogen) atoms. The molecule has 2 atom stereocenters. The van der Waals surface area contributed by atoms with E-state index in [9.17, 15) is 4.79 Å². The van der Waals surface area contributed by atoms with Crippen molar-refractivity contribution >= 4 is 14.2 Å². The molecule has 3 rings (SSSR count). The van der Waals surface area contributed by atoms with E-state index in [2.05, 4.69) is 63.0 Å². The van der Waals surface area contributed by atoms with Crippen molar-refractivity contribution in [3.8, 4) is 0 Å². The summed E-state index contributed by atoms with van der Waals surface area (Å²) in [6.45, 7) is 13.7. The van der Waals surface area contributed by atoms with Crippen LogP contribution < -0.4 is 0 Å². The summed E-state index contributed by atoms with van der Waals surface area (Å²) in [5.74, 6) is 0.463. The maximum atomic E-state index is 12.4. The van der Waals surface area contributed by atoms with Gasteiger partial charge in [-0.2, -0.15) is 0 Å². The van der Waals surface area contributed by atoms with Gasteiger partial charge in [-0.3, -0.25) is 9.69 Å². The van der Waals surface area contributed by atoms with Crippen LogP contribution in [0.25, 0.3) is 0 Å². The first-order chi connectivity index (χ1) is 13.5. The molecule has 0 spiro atoms. The number of fused-ring (bicyclic) bond motifs is 1. The molecule has 1 aliphatic heterocycles. The highest BCUT2D eigenvalue weighted by Crippen LogP contribution is 2.40. The van der Waals surface area contributed by atoms with E-state index in [0.29, 0.717) is 6.04 Å². The van der Waals surface area contributed by atoms with E-state index in [-0.39, 0.29) is 23.0 Å². The number of carbonyl (C=O) groups is 1. The van der Waals surface area contributed by atoms with Crippen LogP contribution in [0.2, 0.25) is 18.1 Å². The van der Waals surface area contributed by atoms with E-state index >= 15 is 0 Å². The maximum absolute atomic E-state index is 12.4. The summed E-state index contributed by atoms with van der Waals surface area (Å²) in [6, 6.07) is 9.28. The van der Waals surface area contributed by atoms with Crippen molar-refractivity contribution < 1.29 is 9.22 Å². The van der Waals surface area contributed by atoms with E-state index in [1.54, 1.807) is 4.90 Å². The molecule has 0 radical (unpaired) electrons. The summed E-state index contributed by atoms with van der Waals surface area (Å²) in [4.78, 5) is 16.8. The number of hydrogen-bond acceptors (Lipinski definition) is 3. The van der Waals surface area contributed by atoms with Gasteiger partial charge in [-0.15, -0.1) is 0 Å². The Balaban J connectivity index is 1.78. The monoisotopic (exact) mass is 416 g/mol. The first-order valence-corrected chi connectivity index (χ1v) is 14.1. The third-order valence-corrected chi connectivity index (χ3v) is 11.9. The van der Waals surface area contributed by atoms with Crippen LogP contribution in [0.5, 0.6) is 0 Å². The van der Waals surface area contributed by atoms with Gasteiger partial charge in [0.1, 0.15) is 0 Å². The molecular weight excluding hydrogens is 376 g/mol. The summed E-state index contributed by atoms with van der Waals surface area (Å²) in [5, 5.41) is 0.208. The van der Waals surface area contributed by atoms with Gasteiger partial charge in [0.05, 0.1) is 6.10 Å². The molecule has 162 valence electrons. The van der Waals surface area contributed by atoms with Crippen LogP contribution in [0.1, 0.15) is 44.7 Å². The van der Waals surface area contributed by atoms with E-state index < -0.39 is 8.32 Å². The summed E-state index contributed by atoms with van der Waals surface area (Å²) in [5.41, 5.74) is 2.92. The Bertz CT molecular complexity index is 718. The number of hydrogen-bond donors (Lipinski definition) is 0. The van der Waals surface area contributed by atoms with Gasteiger partial charge in [0.25, 0.3) is 0 Å². The maximum Gasteiger partial charge on any atom is 0.225 e. The number of rotatable bonds is 4. The van der Waals surface area contributed by atoms with Crippen LogP contribution in [0.4, 0.5) is 0 Å². The minimum Gasteiger partial charge on any atom is -0.412 e. The lowest BCUT2D eigenvalue weighted by atomic mass is 9.84. The predicted molar refractivity (Wildman–Crippen MR) is 123 cm³/mol. The zero-order valence-corrected chi connectivity index (χ0v) is 20.5. The second kappa shape index (κ2) is 8.52. The molecule has 1 heterocycles. The fraction of sp³-hybridized carbons (Fsp3) is 0.708. The molecule has 0 bridgehead atoms. The smallest absolute Gasteiger partial charge is 0.225 e. The number of benzene rings is 1. The number of likely N-dealkylation sites (tertiary alicyclic amines) is 1. The van der Waals surface area contributed by atoms with Crippen molar-refractivity contribution in [2.24, 2.45) is 5.92 Å². The van der Waals surface area contributed by atoms with Gasteiger partial charge in [-0.1, -0.05) is 45.0 Å². The lowest BCUT2D eigenvalue weighted by molar-refractivity contribution is -0.134. The molecule has 5 heteroatoms. The highest BCUT2D eigenvalue weighted by molar-refractivity contribution is 6.74. The van der Waals surface area contributed by atoms with Gasteiger partial charge in [-0.25, -0.2) is 0 Å². The minimum atomic E-state index is -1.85. The Labute approximate surface area is 178 Å².